The molecule has 0 aromatic heterocycles. The number of hydrogen-bond acceptors (Lipinski definition) is 4. The van der Waals surface area contributed by atoms with Gasteiger partial charge in [0.05, 0.1) is 0 Å². The first-order valence-corrected chi connectivity index (χ1v) is 6.82. The Hall–Kier alpha value is -2.27. The van der Waals surface area contributed by atoms with E-state index in [-0.39, 0.29) is 24.8 Å². The second kappa shape index (κ2) is 4.63. The first-order chi connectivity index (χ1) is 10.2. The molecule has 2 aromatic rings. The van der Waals surface area contributed by atoms with Crippen LogP contribution >= 0.6 is 0 Å². The van der Waals surface area contributed by atoms with Crippen molar-refractivity contribution in [1.82, 2.24) is 0 Å². The normalized spacial score (nSPS) is 22.6. The Morgan fingerprint density at radius 1 is 1.00 bits per heavy atom. The number of hydrogen-bond donors (Lipinski definition) is 1. The maximum Gasteiger partial charge on any atom is 0.231 e. The van der Waals surface area contributed by atoms with Gasteiger partial charge in [0.1, 0.15) is 17.7 Å². The molecule has 0 amide bonds. The van der Waals surface area contributed by atoms with Gasteiger partial charge in [-0.05, 0) is 35.9 Å². The lowest BCUT2D eigenvalue weighted by molar-refractivity contribution is 0.160. The van der Waals surface area contributed by atoms with Crippen molar-refractivity contribution in [3.05, 3.63) is 53.3 Å². The van der Waals surface area contributed by atoms with Crippen molar-refractivity contribution in [3.63, 3.8) is 0 Å². The lowest BCUT2D eigenvalue weighted by Gasteiger charge is -2.30. The average molecular weight is 287 g/mol. The van der Waals surface area contributed by atoms with Crippen LogP contribution in [0.5, 0.6) is 17.2 Å². The molecule has 0 saturated carbocycles. The Morgan fingerprint density at radius 2 is 1.81 bits per heavy atom. The fourth-order valence-corrected chi connectivity index (χ4v) is 2.79. The van der Waals surface area contributed by atoms with Crippen molar-refractivity contribution in [3.8, 4) is 17.2 Å². The summed E-state index contributed by atoms with van der Waals surface area (Å²) >= 11 is 0. The molecule has 4 nitrogen and oxygen atoms in total. The van der Waals surface area contributed by atoms with Crippen molar-refractivity contribution in [2.45, 2.75) is 18.6 Å². The summed E-state index contributed by atoms with van der Waals surface area (Å²) in [5, 5.41) is 0. The van der Waals surface area contributed by atoms with E-state index in [0.717, 1.165) is 17.1 Å². The number of rotatable bonds is 1. The quantitative estimate of drug-likeness (QED) is 0.875. The third-order valence-corrected chi connectivity index (χ3v) is 3.88. The Labute approximate surface area is 121 Å². The molecule has 2 aliphatic heterocycles. The van der Waals surface area contributed by atoms with Gasteiger partial charge in [0.15, 0.2) is 11.5 Å². The van der Waals surface area contributed by atoms with Gasteiger partial charge in [0.2, 0.25) is 6.79 Å². The number of nitrogens with two attached hydrogens (primary N) is 1. The summed E-state index contributed by atoms with van der Waals surface area (Å²) < 4.78 is 29.9. The minimum absolute atomic E-state index is 0.174. The highest BCUT2D eigenvalue weighted by molar-refractivity contribution is 5.46. The molecule has 4 rings (SSSR count). The van der Waals surface area contributed by atoms with E-state index < -0.39 is 0 Å². The van der Waals surface area contributed by atoms with E-state index >= 15 is 0 Å². The minimum Gasteiger partial charge on any atom is -0.485 e. The molecule has 21 heavy (non-hydrogen) atoms. The van der Waals surface area contributed by atoms with Gasteiger partial charge in [-0.1, -0.05) is 6.07 Å². The van der Waals surface area contributed by atoms with E-state index in [4.69, 9.17) is 19.9 Å². The molecule has 2 atom stereocenters. The number of halogens is 1. The van der Waals surface area contributed by atoms with Crippen LogP contribution in [-0.2, 0) is 0 Å². The molecule has 0 bridgehead atoms. The van der Waals surface area contributed by atoms with Crippen LogP contribution in [-0.4, -0.2) is 6.79 Å². The first kappa shape index (κ1) is 12.5. The molecule has 2 aliphatic rings. The van der Waals surface area contributed by atoms with Crippen molar-refractivity contribution in [1.29, 1.82) is 0 Å². The summed E-state index contributed by atoms with van der Waals surface area (Å²) in [7, 11) is 0. The summed E-state index contributed by atoms with van der Waals surface area (Å²) in [6.45, 7) is 0.242. The zero-order valence-corrected chi connectivity index (χ0v) is 11.2. The SMILES string of the molecule is NC1CC(c2ccc3c(c2)OCO3)Oc2ccc(F)cc21. The van der Waals surface area contributed by atoms with Gasteiger partial charge in [-0.15, -0.1) is 0 Å². The van der Waals surface area contributed by atoms with Crippen LogP contribution in [0.3, 0.4) is 0 Å². The lowest BCUT2D eigenvalue weighted by atomic mass is 9.93. The first-order valence-electron chi connectivity index (χ1n) is 6.82. The average Bonchev–Trinajstić information content (AvgIpc) is 2.95. The van der Waals surface area contributed by atoms with Crippen LogP contribution in [0.1, 0.15) is 29.7 Å². The number of fused-ring (bicyclic) bond motifs is 2. The van der Waals surface area contributed by atoms with Gasteiger partial charge >= 0.3 is 0 Å². The summed E-state index contributed by atoms with van der Waals surface area (Å²) in [5.74, 6) is 1.79. The van der Waals surface area contributed by atoms with E-state index in [2.05, 4.69) is 0 Å². The number of ether oxygens (including phenoxy) is 3. The fourth-order valence-electron chi connectivity index (χ4n) is 2.79. The molecule has 0 fully saturated rings. The van der Waals surface area contributed by atoms with Crippen molar-refractivity contribution in [2.24, 2.45) is 5.73 Å². The fraction of sp³-hybridized carbons (Fsp3) is 0.250. The molecule has 2 heterocycles. The molecule has 5 heteroatoms. The summed E-state index contributed by atoms with van der Waals surface area (Å²) in [4.78, 5) is 0. The van der Waals surface area contributed by atoms with Gasteiger partial charge in [-0.2, -0.15) is 0 Å². The molecular weight excluding hydrogens is 273 g/mol. The Morgan fingerprint density at radius 3 is 2.71 bits per heavy atom. The van der Waals surface area contributed by atoms with Gasteiger partial charge < -0.3 is 19.9 Å². The van der Waals surface area contributed by atoms with Crippen LogP contribution in [0.2, 0.25) is 0 Å². The van der Waals surface area contributed by atoms with Crippen LogP contribution in [0, 0.1) is 5.82 Å². The van der Waals surface area contributed by atoms with Crippen LogP contribution in [0.4, 0.5) is 4.39 Å². The molecule has 108 valence electrons. The van der Waals surface area contributed by atoms with Crippen molar-refractivity contribution < 1.29 is 18.6 Å². The molecule has 2 N–H and O–H groups in total. The standard InChI is InChI=1S/C16H14FNO3/c17-10-2-4-13-11(6-10)12(18)7-15(21-13)9-1-3-14-16(5-9)20-8-19-14/h1-6,12,15H,7-8,18H2. The van der Waals surface area contributed by atoms with E-state index in [1.807, 2.05) is 18.2 Å². The third kappa shape index (κ3) is 2.10. The zero-order chi connectivity index (χ0) is 14.4. The van der Waals surface area contributed by atoms with E-state index in [9.17, 15) is 4.39 Å². The summed E-state index contributed by atoms with van der Waals surface area (Å²) in [5.41, 5.74) is 7.84. The minimum atomic E-state index is -0.297. The monoisotopic (exact) mass is 287 g/mol. The maximum absolute atomic E-state index is 13.3. The molecule has 0 radical (unpaired) electrons. The van der Waals surface area contributed by atoms with Crippen LogP contribution in [0.15, 0.2) is 36.4 Å². The van der Waals surface area contributed by atoms with Gasteiger partial charge in [-0.3, -0.25) is 0 Å². The molecule has 2 unspecified atom stereocenters. The molecular formula is C16H14FNO3. The second-order valence-corrected chi connectivity index (χ2v) is 5.24. The van der Waals surface area contributed by atoms with Crippen LogP contribution in [0.25, 0.3) is 0 Å². The predicted octanol–water partition coefficient (Wildman–Crippen LogP) is 3.08. The zero-order valence-electron chi connectivity index (χ0n) is 11.2. The van der Waals surface area contributed by atoms with Gasteiger partial charge in [0, 0.05) is 18.0 Å². The highest BCUT2D eigenvalue weighted by Crippen LogP contribution is 2.42. The Bertz CT molecular complexity index is 704. The molecule has 0 saturated heterocycles. The molecule has 0 aliphatic carbocycles. The highest BCUT2D eigenvalue weighted by atomic mass is 19.1. The van der Waals surface area contributed by atoms with Gasteiger partial charge in [0.25, 0.3) is 0 Å². The second-order valence-electron chi connectivity index (χ2n) is 5.24. The summed E-state index contributed by atoms with van der Waals surface area (Å²) in [6, 6.07) is 9.92. The Balaban J connectivity index is 1.67. The van der Waals surface area contributed by atoms with Gasteiger partial charge in [-0.25, -0.2) is 4.39 Å². The smallest absolute Gasteiger partial charge is 0.231 e. The van der Waals surface area contributed by atoms with E-state index in [1.165, 1.54) is 12.1 Å². The lowest BCUT2D eigenvalue weighted by Crippen LogP contribution is -2.24. The van der Waals surface area contributed by atoms with E-state index in [1.54, 1.807) is 6.07 Å². The largest absolute Gasteiger partial charge is 0.485 e. The maximum atomic E-state index is 13.3. The summed E-state index contributed by atoms with van der Waals surface area (Å²) in [6.07, 6.45) is 0.420. The topological polar surface area (TPSA) is 53.7 Å². The van der Waals surface area contributed by atoms with Crippen molar-refractivity contribution >= 4 is 0 Å². The number of benzene rings is 2. The van der Waals surface area contributed by atoms with Crippen LogP contribution < -0.4 is 19.9 Å². The molecule has 0 spiro atoms. The predicted molar refractivity (Wildman–Crippen MR) is 73.9 cm³/mol. The highest BCUT2D eigenvalue weighted by Gasteiger charge is 2.28. The van der Waals surface area contributed by atoms with Crippen molar-refractivity contribution in [2.75, 3.05) is 6.79 Å². The molecule has 2 aromatic carbocycles. The third-order valence-electron chi connectivity index (χ3n) is 3.88. The Kier molecular flexibility index (Phi) is 2.75. The van der Waals surface area contributed by atoms with E-state index in [0.29, 0.717) is 17.7 Å².